The first kappa shape index (κ1) is 21.1. The normalized spacial score (nSPS) is 17.1. The first-order chi connectivity index (χ1) is 15.3. The molecule has 1 aliphatic heterocycles. The van der Waals surface area contributed by atoms with Crippen LogP contribution in [0.3, 0.4) is 0 Å². The number of aromatic nitrogens is 3. The third-order valence-electron chi connectivity index (χ3n) is 5.57. The van der Waals surface area contributed by atoms with Crippen LogP contribution in [0.2, 0.25) is 0 Å². The van der Waals surface area contributed by atoms with E-state index in [0.717, 1.165) is 43.5 Å². The van der Waals surface area contributed by atoms with Gasteiger partial charge in [0.25, 0.3) is 0 Å². The maximum Gasteiger partial charge on any atom is 0.191 e. The number of imidazole rings is 1. The van der Waals surface area contributed by atoms with Gasteiger partial charge in [-0.25, -0.2) is 15.0 Å². The van der Waals surface area contributed by atoms with Gasteiger partial charge in [0, 0.05) is 44.3 Å². The van der Waals surface area contributed by atoms with Gasteiger partial charge in [-0.3, -0.25) is 9.47 Å². The summed E-state index contributed by atoms with van der Waals surface area (Å²) in [5.74, 6) is 1.71. The standard InChI is InChI=1S/C24H31N7/c1-2-26-24(28-16-21-10-11-23(27-15-21)31-14-12-25-19-31)29-17-22-9-6-13-30(22)18-20-7-4-3-5-8-20/h3-5,7-8,10-12,14-15,19,22H,2,6,9,13,16-18H2,1H3,(H2,26,28,29). The van der Waals surface area contributed by atoms with Crippen LogP contribution in [0.1, 0.15) is 30.9 Å². The minimum absolute atomic E-state index is 0.528. The topological polar surface area (TPSA) is 70.4 Å². The number of hydrogen-bond acceptors (Lipinski definition) is 4. The van der Waals surface area contributed by atoms with Gasteiger partial charge in [0.1, 0.15) is 12.1 Å². The maximum atomic E-state index is 4.76. The highest BCUT2D eigenvalue weighted by Crippen LogP contribution is 2.19. The van der Waals surface area contributed by atoms with Crippen molar-refractivity contribution in [3.8, 4) is 5.82 Å². The number of nitrogens with zero attached hydrogens (tertiary/aromatic N) is 5. The molecule has 7 heteroatoms. The number of pyridine rings is 1. The summed E-state index contributed by atoms with van der Waals surface area (Å²) >= 11 is 0. The Labute approximate surface area is 184 Å². The van der Waals surface area contributed by atoms with Gasteiger partial charge in [-0.05, 0) is 43.5 Å². The lowest BCUT2D eigenvalue weighted by atomic mass is 10.2. The molecule has 1 saturated heterocycles. The Kier molecular flexibility index (Phi) is 7.28. The van der Waals surface area contributed by atoms with Crippen molar-refractivity contribution < 1.29 is 0 Å². The van der Waals surface area contributed by atoms with Crippen LogP contribution in [0.15, 0.2) is 72.4 Å². The average Bonchev–Trinajstić information content (AvgIpc) is 3.49. The molecule has 2 N–H and O–H groups in total. The molecule has 4 rings (SSSR count). The zero-order valence-corrected chi connectivity index (χ0v) is 18.1. The van der Waals surface area contributed by atoms with Crippen LogP contribution in [-0.2, 0) is 13.1 Å². The molecule has 0 bridgehead atoms. The third-order valence-corrected chi connectivity index (χ3v) is 5.57. The second kappa shape index (κ2) is 10.7. The lowest BCUT2D eigenvalue weighted by Crippen LogP contribution is -2.44. The molecule has 7 nitrogen and oxygen atoms in total. The van der Waals surface area contributed by atoms with E-state index in [1.807, 2.05) is 23.0 Å². The quantitative estimate of drug-likeness (QED) is 0.436. The van der Waals surface area contributed by atoms with Crippen molar-refractivity contribution in [3.63, 3.8) is 0 Å². The maximum absolute atomic E-state index is 4.76. The number of benzene rings is 1. The Bertz CT molecular complexity index is 936. The zero-order chi connectivity index (χ0) is 21.3. The third kappa shape index (κ3) is 5.92. The lowest BCUT2D eigenvalue weighted by molar-refractivity contribution is 0.245. The lowest BCUT2D eigenvalue weighted by Gasteiger charge is -2.25. The smallest absolute Gasteiger partial charge is 0.191 e. The molecule has 1 aromatic carbocycles. The Morgan fingerprint density at radius 3 is 2.77 bits per heavy atom. The van der Waals surface area contributed by atoms with Crippen LogP contribution in [0, 0.1) is 0 Å². The minimum Gasteiger partial charge on any atom is -0.357 e. The van der Waals surface area contributed by atoms with Gasteiger partial charge < -0.3 is 10.6 Å². The van der Waals surface area contributed by atoms with E-state index in [0.29, 0.717) is 12.6 Å². The summed E-state index contributed by atoms with van der Waals surface area (Å²) in [7, 11) is 0. The first-order valence-corrected chi connectivity index (χ1v) is 11.0. The van der Waals surface area contributed by atoms with Crippen LogP contribution in [0.25, 0.3) is 5.82 Å². The SMILES string of the molecule is CCNC(=NCc1ccc(-n2ccnc2)nc1)NCC1CCCN1Cc1ccccc1. The fourth-order valence-corrected chi connectivity index (χ4v) is 3.94. The Hall–Kier alpha value is -3.19. The largest absolute Gasteiger partial charge is 0.357 e. The molecule has 1 unspecified atom stereocenters. The molecule has 31 heavy (non-hydrogen) atoms. The van der Waals surface area contributed by atoms with E-state index in [1.54, 1.807) is 12.5 Å². The van der Waals surface area contributed by atoms with E-state index in [2.05, 4.69) is 68.8 Å². The van der Waals surface area contributed by atoms with Crippen LogP contribution in [-0.4, -0.2) is 51.1 Å². The summed E-state index contributed by atoms with van der Waals surface area (Å²) in [6.07, 6.45) is 9.73. The van der Waals surface area contributed by atoms with Crippen LogP contribution >= 0.6 is 0 Å². The van der Waals surface area contributed by atoms with Gasteiger partial charge >= 0.3 is 0 Å². The molecule has 1 aliphatic rings. The summed E-state index contributed by atoms with van der Waals surface area (Å²) in [4.78, 5) is 15.9. The zero-order valence-electron chi connectivity index (χ0n) is 18.1. The molecule has 2 aromatic heterocycles. The van der Waals surface area contributed by atoms with Crippen molar-refractivity contribution in [3.05, 3.63) is 78.5 Å². The van der Waals surface area contributed by atoms with E-state index < -0.39 is 0 Å². The number of nitrogens with one attached hydrogen (secondary N) is 2. The van der Waals surface area contributed by atoms with E-state index in [1.165, 1.54) is 18.4 Å². The molecular weight excluding hydrogens is 386 g/mol. The number of rotatable bonds is 8. The van der Waals surface area contributed by atoms with Crippen molar-refractivity contribution in [1.29, 1.82) is 0 Å². The molecule has 1 fully saturated rings. The van der Waals surface area contributed by atoms with Crippen molar-refractivity contribution >= 4 is 5.96 Å². The highest BCUT2D eigenvalue weighted by atomic mass is 15.2. The highest BCUT2D eigenvalue weighted by Gasteiger charge is 2.24. The molecule has 0 spiro atoms. The number of aliphatic imine (C=N–C) groups is 1. The van der Waals surface area contributed by atoms with Gasteiger partial charge in [-0.1, -0.05) is 36.4 Å². The predicted octanol–water partition coefficient (Wildman–Crippen LogP) is 2.99. The molecular formula is C24H31N7. The van der Waals surface area contributed by atoms with Gasteiger partial charge in [-0.15, -0.1) is 0 Å². The van der Waals surface area contributed by atoms with E-state index in [9.17, 15) is 0 Å². The van der Waals surface area contributed by atoms with Crippen molar-refractivity contribution in [2.45, 2.75) is 38.9 Å². The fourth-order valence-electron chi connectivity index (χ4n) is 3.94. The second-order valence-electron chi connectivity index (χ2n) is 7.82. The first-order valence-electron chi connectivity index (χ1n) is 11.0. The van der Waals surface area contributed by atoms with Crippen LogP contribution in [0.4, 0.5) is 0 Å². The summed E-state index contributed by atoms with van der Waals surface area (Å²) in [6, 6.07) is 15.3. The minimum atomic E-state index is 0.528. The van der Waals surface area contributed by atoms with Crippen LogP contribution in [0.5, 0.6) is 0 Å². The summed E-state index contributed by atoms with van der Waals surface area (Å²) in [5.41, 5.74) is 2.45. The van der Waals surface area contributed by atoms with Gasteiger partial charge in [0.15, 0.2) is 5.96 Å². The molecule has 3 aromatic rings. The van der Waals surface area contributed by atoms with Gasteiger partial charge in [0.05, 0.1) is 6.54 Å². The molecule has 0 amide bonds. The highest BCUT2D eigenvalue weighted by molar-refractivity contribution is 5.79. The number of likely N-dealkylation sites (tertiary alicyclic amines) is 1. The molecule has 162 valence electrons. The predicted molar refractivity (Wildman–Crippen MR) is 124 cm³/mol. The molecule has 1 atom stereocenters. The van der Waals surface area contributed by atoms with Crippen molar-refractivity contribution in [2.24, 2.45) is 4.99 Å². The van der Waals surface area contributed by atoms with Crippen molar-refractivity contribution in [2.75, 3.05) is 19.6 Å². The van der Waals surface area contributed by atoms with E-state index in [4.69, 9.17) is 4.99 Å². The molecule has 3 heterocycles. The monoisotopic (exact) mass is 417 g/mol. The number of guanidine groups is 1. The molecule has 0 radical (unpaired) electrons. The van der Waals surface area contributed by atoms with Gasteiger partial charge in [0.2, 0.25) is 0 Å². The van der Waals surface area contributed by atoms with Crippen molar-refractivity contribution in [1.82, 2.24) is 30.1 Å². The Balaban J connectivity index is 1.32. The fraction of sp³-hybridized carbons (Fsp3) is 0.375. The summed E-state index contributed by atoms with van der Waals surface area (Å²) < 4.78 is 1.89. The Morgan fingerprint density at radius 1 is 1.13 bits per heavy atom. The van der Waals surface area contributed by atoms with Gasteiger partial charge in [-0.2, -0.15) is 0 Å². The second-order valence-corrected chi connectivity index (χ2v) is 7.82. The van der Waals surface area contributed by atoms with E-state index >= 15 is 0 Å². The number of hydrogen-bond donors (Lipinski definition) is 2. The average molecular weight is 418 g/mol. The molecule has 0 saturated carbocycles. The Morgan fingerprint density at radius 2 is 2.03 bits per heavy atom. The summed E-state index contributed by atoms with van der Waals surface area (Å²) in [5, 5.41) is 6.91. The van der Waals surface area contributed by atoms with Crippen LogP contribution < -0.4 is 10.6 Å². The van der Waals surface area contributed by atoms with E-state index in [-0.39, 0.29) is 0 Å². The summed E-state index contributed by atoms with van der Waals surface area (Å²) in [6.45, 7) is 6.58. The molecule has 0 aliphatic carbocycles.